The van der Waals surface area contributed by atoms with Crippen LogP contribution in [-0.4, -0.2) is 37.6 Å². The number of fused-ring (bicyclic) bond motifs is 1. The molecule has 9 heteroatoms. The van der Waals surface area contributed by atoms with Crippen LogP contribution in [-0.2, 0) is 11.4 Å². The second kappa shape index (κ2) is 10.5. The predicted octanol–water partition coefficient (Wildman–Crippen LogP) is 4.55. The van der Waals surface area contributed by atoms with Gasteiger partial charge in [-0.15, -0.1) is 11.3 Å². The summed E-state index contributed by atoms with van der Waals surface area (Å²) in [4.78, 5) is 16.8. The highest BCUT2D eigenvalue weighted by molar-refractivity contribution is 7.07. The molecular formula is C27H24N4O4S. The van der Waals surface area contributed by atoms with Gasteiger partial charge < -0.3 is 19.5 Å². The lowest BCUT2D eigenvalue weighted by atomic mass is 10.1. The highest BCUT2D eigenvalue weighted by Crippen LogP contribution is 2.33. The van der Waals surface area contributed by atoms with Crippen molar-refractivity contribution in [3.05, 3.63) is 88.0 Å². The zero-order valence-electron chi connectivity index (χ0n) is 19.8. The molecule has 0 bridgehead atoms. The van der Waals surface area contributed by atoms with Gasteiger partial charge in [0.05, 0.1) is 24.7 Å². The number of carbonyl (C=O) groups is 1. The molecule has 1 aliphatic heterocycles. The fourth-order valence-electron chi connectivity index (χ4n) is 3.75. The Bertz CT molecular complexity index is 1490. The Morgan fingerprint density at radius 1 is 1.11 bits per heavy atom. The third kappa shape index (κ3) is 5.01. The smallest absolute Gasteiger partial charge is 0.262 e. The predicted molar refractivity (Wildman–Crippen MR) is 140 cm³/mol. The lowest BCUT2D eigenvalue weighted by Gasteiger charge is -2.18. The molecule has 2 heterocycles. The molecule has 5 rings (SSSR count). The number of methoxy groups -OCH3 is 1. The molecule has 1 N–H and O–H groups in total. The summed E-state index contributed by atoms with van der Waals surface area (Å²) in [5, 5.41) is 9.53. The highest BCUT2D eigenvalue weighted by Gasteiger charge is 2.17. The Morgan fingerprint density at radius 3 is 2.78 bits per heavy atom. The van der Waals surface area contributed by atoms with Crippen LogP contribution in [0, 0.1) is 0 Å². The fraction of sp³-hybridized carbons (Fsp3) is 0.148. The number of carbonyl (C=O) groups excluding carboxylic acids is 1. The van der Waals surface area contributed by atoms with Crippen LogP contribution < -0.4 is 24.3 Å². The highest BCUT2D eigenvalue weighted by atomic mass is 32.1. The van der Waals surface area contributed by atoms with E-state index in [1.807, 2.05) is 72.1 Å². The zero-order chi connectivity index (χ0) is 24.9. The average Bonchev–Trinajstić information content (AvgIpc) is 3.34. The van der Waals surface area contributed by atoms with Crippen LogP contribution >= 0.6 is 11.3 Å². The van der Waals surface area contributed by atoms with E-state index in [0.717, 1.165) is 27.2 Å². The number of benzene rings is 3. The molecule has 3 aromatic carbocycles. The first-order valence-electron chi connectivity index (χ1n) is 11.2. The summed E-state index contributed by atoms with van der Waals surface area (Å²) >= 11 is 1.48. The van der Waals surface area contributed by atoms with Crippen molar-refractivity contribution in [2.45, 2.75) is 6.61 Å². The van der Waals surface area contributed by atoms with Gasteiger partial charge in [0.15, 0.2) is 18.1 Å². The maximum absolute atomic E-state index is 11.7. The number of rotatable bonds is 7. The van der Waals surface area contributed by atoms with Gasteiger partial charge in [-0.2, -0.15) is 5.10 Å². The fourth-order valence-corrected chi connectivity index (χ4v) is 4.55. The molecule has 0 saturated heterocycles. The second-order valence-electron chi connectivity index (χ2n) is 7.92. The van der Waals surface area contributed by atoms with E-state index in [-0.39, 0.29) is 12.5 Å². The van der Waals surface area contributed by atoms with Crippen LogP contribution in [0.5, 0.6) is 17.2 Å². The summed E-state index contributed by atoms with van der Waals surface area (Å²) in [6.45, 7) is 0.472. The van der Waals surface area contributed by atoms with Gasteiger partial charge in [-0.05, 0) is 47.5 Å². The molecule has 0 atom stereocenters. The van der Waals surface area contributed by atoms with Crippen molar-refractivity contribution in [3.8, 4) is 28.5 Å². The van der Waals surface area contributed by atoms with E-state index < -0.39 is 0 Å². The van der Waals surface area contributed by atoms with Crippen LogP contribution in [0.1, 0.15) is 11.1 Å². The van der Waals surface area contributed by atoms with Gasteiger partial charge in [-0.3, -0.25) is 9.79 Å². The van der Waals surface area contributed by atoms with Crippen molar-refractivity contribution in [1.29, 1.82) is 0 Å². The number of thiazole rings is 1. The molecule has 8 nitrogen and oxygen atoms in total. The monoisotopic (exact) mass is 500 g/mol. The zero-order valence-corrected chi connectivity index (χ0v) is 20.6. The lowest BCUT2D eigenvalue weighted by Crippen LogP contribution is -2.25. The first-order chi connectivity index (χ1) is 17.6. The van der Waals surface area contributed by atoms with Crippen molar-refractivity contribution in [3.63, 3.8) is 0 Å². The van der Waals surface area contributed by atoms with Crippen molar-refractivity contribution in [2.75, 3.05) is 26.1 Å². The Labute approximate surface area is 212 Å². The summed E-state index contributed by atoms with van der Waals surface area (Å²) in [5.74, 6) is 1.75. The summed E-state index contributed by atoms with van der Waals surface area (Å²) in [5.41, 5.74) is 4.28. The molecule has 0 radical (unpaired) electrons. The normalized spacial score (nSPS) is 13.3. The quantitative estimate of drug-likeness (QED) is 0.377. The molecule has 0 saturated carbocycles. The molecule has 0 unspecified atom stereocenters. The molecule has 0 fully saturated rings. The minimum Gasteiger partial charge on any atom is -0.493 e. The Kier molecular flexibility index (Phi) is 6.81. The maximum Gasteiger partial charge on any atom is 0.262 e. The molecule has 4 aromatic rings. The number of hydrogen-bond acceptors (Lipinski definition) is 7. The lowest BCUT2D eigenvalue weighted by molar-refractivity contribution is -0.118. The van der Waals surface area contributed by atoms with Crippen molar-refractivity contribution in [2.24, 2.45) is 10.1 Å². The largest absolute Gasteiger partial charge is 0.493 e. The Morgan fingerprint density at radius 2 is 1.97 bits per heavy atom. The maximum atomic E-state index is 11.7. The summed E-state index contributed by atoms with van der Waals surface area (Å²) < 4.78 is 18.8. The van der Waals surface area contributed by atoms with Gasteiger partial charge in [-0.25, -0.2) is 4.68 Å². The first kappa shape index (κ1) is 23.4. The molecule has 1 aliphatic rings. The summed E-state index contributed by atoms with van der Waals surface area (Å²) in [6, 6.07) is 21.3. The third-order valence-electron chi connectivity index (χ3n) is 5.53. The minimum atomic E-state index is -0.176. The van der Waals surface area contributed by atoms with Crippen molar-refractivity contribution < 1.29 is 19.0 Å². The molecule has 0 spiro atoms. The van der Waals surface area contributed by atoms with Crippen LogP contribution in [0.4, 0.5) is 5.69 Å². The van der Waals surface area contributed by atoms with Gasteiger partial charge in [-0.1, -0.05) is 30.3 Å². The van der Waals surface area contributed by atoms with Crippen molar-refractivity contribution in [1.82, 2.24) is 4.68 Å². The van der Waals surface area contributed by atoms with Crippen LogP contribution in [0.2, 0.25) is 0 Å². The Balaban J connectivity index is 1.41. The number of amides is 1. The topological polar surface area (TPSA) is 86.4 Å². The van der Waals surface area contributed by atoms with E-state index >= 15 is 0 Å². The van der Waals surface area contributed by atoms with Gasteiger partial charge in [0.1, 0.15) is 12.4 Å². The standard InChI is InChI=1S/C27H24N4O4S/c1-28-27-31(22(17-36-27)20-9-11-23-21(13-20)30-26(32)16-35-23)29-14-19-8-10-24(25(12-19)33-2)34-15-18-6-4-3-5-7-18/h3-14,17H,15-16H2,1-2H3,(H,30,32). The molecule has 1 aromatic heterocycles. The van der Waals surface area contributed by atoms with E-state index in [1.165, 1.54) is 11.3 Å². The number of nitrogens with zero attached hydrogens (tertiary/aromatic N) is 3. The van der Waals surface area contributed by atoms with E-state index in [2.05, 4.69) is 10.3 Å². The van der Waals surface area contributed by atoms with E-state index in [0.29, 0.717) is 29.5 Å². The molecule has 1 amide bonds. The summed E-state index contributed by atoms with van der Waals surface area (Å²) in [6.07, 6.45) is 1.75. The van der Waals surface area contributed by atoms with E-state index in [1.54, 1.807) is 25.0 Å². The molecule has 36 heavy (non-hydrogen) atoms. The molecule has 0 aliphatic carbocycles. The second-order valence-corrected chi connectivity index (χ2v) is 8.75. The third-order valence-corrected chi connectivity index (χ3v) is 6.44. The Hall–Kier alpha value is -4.37. The number of anilines is 1. The van der Waals surface area contributed by atoms with Gasteiger partial charge >= 0.3 is 0 Å². The number of hydrogen-bond donors (Lipinski definition) is 1. The summed E-state index contributed by atoms with van der Waals surface area (Å²) in [7, 11) is 3.34. The average molecular weight is 501 g/mol. The SMILES string of the molecule is CN=c1scc(-c2ccc3c(c2)NC(=O)CO3)n1N=Cc1ccc(OCc2ccccc2)c(OC)c1. The number of aromatic nitrogens is 1. The van der Waals surface area contributed by atoms with Gasteiger partial charge in [0.2, 0.25) is 4.80 Å². The molecular weight excluding hydrogens is 476 g/mol. The van der Waals surface area contributed by atoms with Gasteiger partial charge in [0.25, 0.3) is 5.91 Å². The van der Waals surface area contributed by atoms with E-state index in [4.69, 9.17) is 19.3 Å². The number of ether oxygens (including phenoxy) is 3. The van der Waals surface area contributed by atoms with Gasteiger partial charge in [0, 0.05) is 18.0 Å². The van der Waals surface area contributed by atoms with Crippen molar-refractivity contribution >= 4 is 29.1 Å². The minimum absolute atomic E-state index is 0.0213. The molecule has 182 valence electrons. The van der Waals surface area contributed by atoms with Crippen LogP contribution in [0.15, 0.2) is 82.2 Å². The van der Waals surface area contributed by atoms with Crippen LogP contribution in [0.25, 0.3) is 11.3 Å². The van der Waals surface area contributed by atoms with Crippen LogP contribution in [0.3, 0.4) is 0 Å². The first-order valence-corrected chi connectivity index (χ1v) is 12.1. The van der Waals surface area contributed by atoms with E-state index in [9.17, 15) is 4.79 Å². The number of nitrogens with one attached hydrogen (secondary N) is 1.